The topological polar surface area (TPSA) is 88.0 Å². The molecule has 1 fully saturated rings. The molecule has 0 bridgehead atoms. The van der Waals surface area contributed by atoms with Crippen molar-refractivity contribution >= 4 is 18.2 Å². The van der Waals surface area contributed by atoms with Crippen LogP contribution in [0.5, 0.6) is 0 Å². The number of hydrogen-bond acceptors (Lipinski definition) is 5. The van der Waals surface area contributed by atoms with Crippen molar-refractivity contribution in [3.05, 3.63) is 64.1 Å². The van der Waals surface area contributed by atoms with Gasteiger partial charge in [0.2, 0.25) is 0 Å². The van der Waals surface area contributed by atoms with Gasteiger partial charge in [0.15, 0.2) is 5.76 Å². The number of aliphatic carboxylic acids is 1. The second-order valence-corrected chi connectivity index (χ2v) is 6.70. The third-order valence-corrected chi connectivity index (χ3v) is 4.53. The molecule has 3 rings (SSSR count). The summed E-state index contributed by atoms with van der Waals surface area (Å²) in [5.41, 5.74) is 12.0. The zero-order chi connectivity index (χ0) is 19.8. The molecule has 1 saturated heterocycles. The zero-order valence-electron chi connectivity index (χ0n) is 15.5. The van der Waals surface area contributed by atoms with E-state index in [-0.39, 0.29) is 25.0 Å². The number of rotatable bonds is 7. The lowest BCUT2D eigenvalue weighted by molar-refractivity contribution is -0.139. The molecule has 0 aromatic heterocycles. The van der Waals surface area contributed by atoms with E-state index in [2.05, 4.69) is 27.5 Å². The number of ether oxygens (including phenoxy) is 1. The molecule has 0 aromatic rings. The fourth-order valence-electron chi connectivity index (χ4n) is 3.17. The third-order valence-electron chi connectivity index (χ3n) is 4.53. The number of nitrogens with one attached hydrogen (secondary N) is 1. The molecule has 2 aliphatic heterocycles. The van der Waals surface area contributed by atoms with E-state index in [0.717, 1.165) is 42.5 Å². The Morgan fingerprint density at radius 3 is 3.00 bits per heavy atom. The second-order valence-electron chi connectivity index (χ2n) is 6.70. The lowest BCUT2D eigenvalue weighted by Crippen LogP contribution is -2.22. The summed E-state index contributed by atoms with van der Waals surface area (Å²) in [6.45, 7) is 1.01. The Bertz CT molecular complexity index is 910. The summed E-state index contributed by atoms with van der Waals surface area (Å²) in [4.78, 5) is 26.9. The quantitative estimate of drug-likeness (QED) is 0.525. The van der Waals surface area contributed by atoms with Gasteiger partial charge in [0, 0.05) is 36.2 Å². The first-order valence-electron chi connectivity index (χ1n) is 9.40. The number of hydrogen-bond donors (Lipinski definition) is 2. The van der Waals surface area contributed by atoms with Crippen LogP contribution in [0, 0.1) is 0 Å². The minimum atomic E-state index is -0.931. The van der Waals surface area contributed by atoms with Gasteiger partial charge in [-0.3, -0.25) is 14.6 Å². The Morgan fingerprint density at radius 2 is 2.21 bits per heavy atom. The normalized spacial score (nSPS) is 21.4. The Kier molecular flexibility index (Phi) is 6.80. The molecule has 1 atom stereocenters. The number of allylic oxidation sites excluding steroid dienone is 3. The second kappa shape index (κ2) is 9.70. The zero-order valence-corrected chi connectivity index (χ0v) is 15.5. The summed E-state index contributed by atoms with van der Waals surface area (Å²) in [6, 6.07) is 0.372. The molecule has 6 nitrogen and oxygen atoms in total. The highest BCUT2D eigenvalue weighted by Crippen LogP contribution is 2.26. The summed E-state index contributed by atoms with van der Waals surface area (Å²) in [5.74, 6) is -1.14. The number of aliphatic imine (C=N–C) groups is 1. The van der Waals surface area contributed by atoms with Gasteiger partial charge in [0.1, 0.15) is 0 Å². The molecular weight excluding hydrogens is 356 g/mol. The summed E-state index contributed by atoms with van der Waals surface area (Å²) in [5, 5.41) is 12.2. The Hall–Kier alpha value is -3.13. The Balaban J connectivity index is 1.86. The number of carboxylic acids is 1. The molecule has 2 heterocycles. The fraction of sp³-hybridized carbons (Fsp3) is 0.364. The van der Waals surface area contributed by atoms with Crippen LogP contribution in [0.1, 0.15) is 38.5 Å². The smallest absolute Gasteiger partial charge is 0.311 e. The maximum absolute atomic E-state index is 12.1. The first-order valence-corrected chi connectivity index (χ1v) is 9.40. The van der Waals surface area contributed by atoms with Crippen LogP contribution >= 0.6 is 0 Å². The van der Waals surface area contributed by atoms with Gasteiger partial charge in [-0.15, -0.1) is 5.73 Å². The van der Waals surface area contributed by atoms with Gasteiger partial charge in [-0.05, 0) is 44.4 Å². The maximum atomic E-state index is 12.1. The average molecular weight is 378 g/mol. The Morgan fingerprint density at radius 1 is 1.32 bits per heavy atom. The van der Waals surface area contributed by atoms with Crippen LogP contribution in [-0.4, -0.2) is 35.8 Å². The molecular formula is C22H22N2O4. The van der Waals surface area contributed by atoms with Gasteiger partial charge in [-0.2, -0.15) is 0 Å². The van der Waals surface area contributed by atoms with E-state index in [9.17, 15) is 9.59 Å². The van der Waals surface area contributed by atoms with Gasteiger partial charge in [0.25, 0.3) is 0 Å². The molecule has 2 N–H and O–H groups in total. The summed E-state index contributed by atoms with van der Waals surface area (Å²) in [7, 11) is 0. The number of carbonyl (C=O) groups is 2. The molecule has 144 valence electrons. The van der Waals surface area contributed by atoms with Crippen LogP contribution in [0.3, 0.4) is 0 Å². The summed E-state index contributed by atoms with van der Waals surface area (Å²) >= 11 is 0. The third kappa shape index (κ3) is 5.68. The van der Waals surface area contributed by atoms with Crippen molar-refractivity contribution in [2.45, 2.75) is 44.6 Å². The number of nitrogens with zero attached hydrogens (tertiary/aromatic N) is 1. The number of esters is 1. The van der Waals surface area contributed by atoms with Crippen LogP contribution < -0.4 is 5.32 Å². The molecule has 0 spiro atoms. The first kappa shape index (κ1) is 19.6. The average Bonchev–Trinajstić information content (AvgIpc) is 3.07. The molecule has 28 heavy (non-hydrogen) atoms. The maximum Gasteiger partial charge on any atom is 0.311 e. The standard InChI is InChI=1S/C22H22N2O4/c25-21(26)8-3-9-22(27)28-19-7-2-1-5-17-15-23-12-10-16(20(17)14-19)13-18-6-4-11-24-18/h1-2,7,12,15,18,24H,3-4,6,8-9,11,13H2,(H,25,26)/b7-2-. The van der Waals surface area contributed by atoms with Crippen molar-refractivity contribution in [3.8, 4) is 0 Å². The van der Waals surface area contributed by atoms with Gasteiger partial charge in [-0.1, -0.05) is 17.5 Å². The van der Waals surface area contributed by atoms with E-state index in [1.54, 1.807) is 30.6 Å². The van der Waals surface area contributed by atoms with E-state index in [4.69, 9.17) is 9.84 Å². The minimum absolute atomic E-state index is 0.0369. The monoisotopic (exact) mass is 378 g/mol. The molecule has 0 radical (unpaired) electrons. The molecule has 1 aliphatic carbocycles. The highest BCUT2D eigenvalue weighted by molar-refractivity contribution is 5.87. The van der Waals surface area contributed by atoms with Gasteiger partial charge < -0.3 is 15.2 Å². The van der Waals surface area contributed by atoms with Crippen LogP contribution in [0.2, 0.25) is 0 Å². The highest BCUT2D eigenvalue weighted by atomic mass is 16.5. The van der Waals surface area contributed by atoms with Crippen molar-refractivity contribution in [1.82, 2.24) is 5.32 Å². The van der Waals surface area contributed by atoms with Gasteiger partial charge in [0.05, 0.1) is 11.8 Å². The van der Waals surface area contributed by atoms with Gasteiger partial charge >= 0.3 is 11.9 Å². The molecule has 3 aliphatic rings. The van der Waals surface area contributed by atoms with Crippen LogP contribution in [0.4, 0.5) is 0 Å². The Labute approximate surface area is 163 Å². The number of carboxylic acid groups (broad SMARTS) is 1. The lowest BCUT2D eigenvalue weighted by Gasteiger charge is -2.13. The van der Waals surface area contributed by atoms with Crippen LogP contribution in [-0.2, 0) is 14.3 Å². The summed E-state index contributed by atoms with van der Waals surface area (Å²) < 4.78 is 5.41. The van der Waals surface area contributed by atoms with Crippen LogP contribution in [0.15, 0.2) is 69.1 Å². The van der Waals surface area contributed by atoms with E-state index in [0.29, 0.717) is 6.04 Å². The molecule has 0 amide bonds. The van der Waals surface area contributed by atoms with Crippen molar-refractivity contribution in [1.29, 1.82) is 0 Å². The molecule has 0 saturated carbocycles. The lowest BCUT2D eigenvalue weighted by atomic mass is 9.94. The van der Waals surface area contributed by atoms with E-state index < -0.39 is 11.9 Å². The van der Waals surface area contributed by atoms with Crippen LogP contribution in [0.25, 0.3) is 0 Å². The van der Waals surface area contributed by atoms with Crippen molar-refractivity contribution in [2.75, 3.05) is 6.54 Å². The van der Waals surface area contributed by atoms with E-state index in [1.165, 1.54) is 0 Å². The minimum Gasteiger partial charge on any atom is -0.481 e. The van der Waals surface area contributed by atoms with Gasteiger partial charge in [-0.25, -0.2) is 0 Å². The largest absolute Gasteiger partial charge is 0.481 e. The van der Waals surface area contributed by atoms with Crippen molar-refractivity contribution < 1.29 is 19.4 Å². The molecule has 0 aromatic carbocycles. The summed E-state index contributed by atoms with van der Waals surface area (Å²) in [6.07, 6.45) is 11.6. The first-order chi connectivity index (χ1) is 13.6. The molecule has 6 heteroatoms. The molecule has 1 unspecified atom stereocenters. The highest BCUT2D eigenvalue weighted by Gasteiger charge is 2.20. The van der Waals surface area contributed by atoms with E-state index in [1.807, 2.05) is 0 Å². The predicted octanol–water partition coefficient (Wildman–Crippen LogP) is 3.11. The number of carbonyl (C=O) groups excluding carboxylic acids is 1. The van der Waals surface area contributed by atoms with E-state index >= 15 is 0 Å². The van der Waals surface area contributed by atoms with Crippen molar-refractivity contribution in [2.24, 2.45) is 4.99 Å². The predicted molar refractivity (Wildman–Crippen MR) is 105 cm³/mol. The van der Waals surface area contributed by atoms with Crippen molar-refractivity contribution in [3.63, 3.8) is 0 Å². The SMILES string of the molecule is O=C(O)CCCC(=O)OC1=C=C2C(=C=C/C=C\1)C=NC=C=C2CC1CCCN1. The fourth-order valence-corrected chi connectivity index (χ4v) is 3.17. The number of fused-ring (bicyclic) bond motifs is 1.